The molecule has 0 saturated heterocycles. The molecule has 1 aliphatic heterocycles. The van der Waals surface area contributed by atoms with Crippen molar-refractivity contribution in [2.45, 2.75) is 6.04 Å². The molecule has 0 aromatic heterocycles. The summed E-state index contributed by atoms with van der Waals surface area (Å²) in [5.41, 5.74) is 1.33. The first-order valence-corrected chi connectivity index (χ1v) is 7.19. The highest BCUT2D eigenvalue weighted by molar-refractivity contribution is 6.38. The number of nitrogens with zero attached hydrogens (tertiary/aromatic N) is 2. The summed E-state index contributed by atoms with van der Waals surface area (Å²) >= 11 is 12.3. The van der Waals surface area contributed by atoms with E-state index in [0.717, 1.165) is 0 Å². The molecule has 0 N–H and O–H groups in total. The third-order valence-corrected chi connectivity index (χ3v) is 4.22. The maximum Gasteiger partial charge on any atom is 0.261 e. The molecule has 2 aromatic carbocycles. The first-order chi connectivity index (χ1) is 10.6. The van der Waals surface area contributed by atoms with Crippen LogP contribution < -0.4 is 9.64 Å². The number of amides is 1. The van der Waals surface area contributed by atoms with Crippen molar-refractivity contribution < 1.29 is 9.53 Å². The quantitative estimate of drug-likeness (QED) is 0.826. The first-order valence-electron chi connectivity index (χ1n) is 6.43. The van der Waals surface area contributed by atoms with Crippen molar-refractivity contribution >= 4 is 34.8 Å². The number of methoxy groups -OCH3 is 1. The molecular formula is C16H10Cl2N2O2. The first kappa shape index (κ1) is 14.7. The van der Waals surface area contributed by atoms with Crippen LogP contribution in [0.25, 0.3) is 0 Å². The molecule has 6 heteroatoms. The van der Waals surface area contributed by atoms with Crippen molar-refractivity contribution in [1.82, 2.24) is 0 Å². The molecule has 1 unspecified atom stereocenters. The van der Waals surface area contributed by atoms with Crippen LogP contribution >= 0.6 is 23.2 Å². The summed E-state index contributed by atoms with van der Waals surface area (Å²) in [6, 6.07) is 11.4. The minimum atomic E-state index is -0.804. The van der Waals surface area contributed by atoms with Gasteiger partial charge >= 0.3 is 0 Å². The average molecular weight is 333 g/mol. The molecule has 22 heavy (non-hydrogen) atoms. The Balaban J connectivity index is 2.14. The van der Waals surface area contributed by atoms with Crippen LogP contribution in [0.1, 0.15) is 22.0 Å². The molecule has 0 bridgehead atoms. The van der Waals surface area contributed by atoms with Crippen molar-refractivity contribution in [2.24, 2.45) is 0 Å². The number of anilines is 1. The molecule has 0 radical (unpaired) electrons. The number of hydrogen-bond donors (Lipinski definition) is 0. The van der Waals surface area contributed by atoms with E-state index in [1.807, 2.05) is 0 Å². The predicted molar refractivity (Wildman–Crippen MR) is 84.6 cm³/mol. The van der Waals surface area contributed by atoms with Gasteiger partial charge in [0.05, 0.1) is 23.8 Å². The van der Waals surface area contributed by atoms with Crippen molar-refractivity contribution in [3.8, 4) is 11.8 Å². The molecule has 0 spiro atoms. The molecule has 1 aliphatic rings. The molecule has 1 atom stereocenters. The topological polar surface area (TPSA) is 53.3 Å². The summed E-state index contributed by atoms with van der Waals surface area (Å²) in [5, 5.41) is 10.2. The molecule has 1 amide bonds. The van der Waals surface area contributed by atoms with Gasteiger partial charge in [0.25, 0.3) is 5.91 Å². The molecule has 0 fully saturated rings. The van der Waals surface area contributed by atoms with E-state index in [2.05, 4.69) is 6.07 Å². The number of carbonyl (C=O) groups is 1. The Labute approximate surface area is 137 Å². The highest BCUT2D eigenvalue weighted by Gasteiger charge is 2.41. The number of ether oxygens (including phenoxy) is 1. The average Bonchev–Trinajstić information content (AvgIpc) is 2.85. The standard InChI is InChI=1S/C16H10Cl2N2O2/c1-22-10-4-2-9(3-5-10)20-13(8-19)14-11(17)6-7-12(18)15(14)16(20)21/h2-7,13H,1H3. The smallest absolute Gasteiger partial charge is 0.261 e. The molecule has 3 rings (SSSR count). The Bertz CT molecular complexity index is 797. The fourth-order valence-electron chi connectivity index (χ4n) is 2.55. The maximum atomic E-state index is 12.7. The summed E-state index contributed by atoms with van der Waals surface area (Å²) in [6.45, 7) is 0. The van der Waals surface area contributed by atoms with Crippen LogP contribution in [0, 0.1) is 11.3 Å². The zero-order valence-corrected chi connectivity index (χ0v) is 13.0. The second-order valence-electron chi connectivity index (χ2n) is 4.72. The minimum absolute atomic E-state index is 0.288. The molecule has 4 nitrogen and oxygen atoms in total. The zero-order chi connectivity index (χ0) is 15.9. The number of carbonyl (C=O) groups excluding carboxylic acids is 1. The zero-order valence-electron chi connectivity index (χ0n) is 11.5. The molecule has 2 aromatic rings. The van der Waals surface area contributed by atoms with Crippen LogP contribution in [0.3, 0.4) is 0 Å². The Morgan fingerprint density at radius 2 is 1.77 bits per heavy atom. The normalized spacial score (nSPS) is 16.4. The van der Waals surface area contributed by atoms with Crippen LogP contribution in [-0.4, -0.2) is 13.0 Å². The number of hydrogen-bond acceptors (Lipinski definition) is 3. The Morgan fingerprint density at radius 3 is 2.36 bits per heavy atom. The lowest BCUT2D eigenvalue weighted by atomic mass is 10.1. The van der Waals surface area contributed by atoms with Gasteiger partial charge in [-0.1, -0.05) is 23.2 Å². The lowest BCUT2D eigenvalue weighted by Gasteiger charge is -2.20. The van der Waals surface area contributed by atoms with Gasteiger partial charge in [-0.3, -0.25) is 9.69 Å². The van der Waals surface area contributed by atoms with Gasteiger partial charge in [-0.05, 0) is 36.4 Å². The Kier molecular flexibility index (Phi) is 3.69. The second kappa shape index (κ2) is 5.53. The lowest BCUT2D eigenvalue weighted by Crippen LogP contribution is -2.26. The van der Waals surface area contributed by atoms with Crippen molar-refractivity contribution in [1.29, 1.82) is 5.26 Å². The number of nitriles is 1. The third kappa shape index (κ3) is 2.10. The summed E-state index contributed by atoms with van der Waals surface area (Å²) in [6.07, 6.45) is 0. The minimum Gasteiger partial charge on any atom is -0.497 e. The van der Waals surface area contributed by atoms with Crippen LogP contribution in [0.15, 0.2) is 36.4 Å². The van der Waals surface area contributed by atoms with E-state index < -0.39 is 6.04 Å². The molecular weight excluding hydrogens is 323 g/mol. The molecule has 0 saturated carbocycles. The Morgan fingerprint density at radius 1 is 1.14 bits per heavy atom. The van der Waals surface area contributed by atoms with Gasteiger partial charge in [0.2, 0.25) is 0 Å². The van der Waals surface area contributed by atoms with E-state index in [9.17, 15) is 10.1 Å². The maximum absolute atomic E-state index is 12.7. The summed E-state index contributed by atoms with van der Waals surface area (Å²) in [5.74, 6) is 0.330. The predicted octanol–water partition coefficient (Wildman–Crippen LogP) is 4.23. The largest absolute Gasteiger partial charge is 0.497 e. The fourth-order valence-corrected chi connectivity index (χ4v) is 3.06. The summed E-state index contributed by atoms with van der Waals surface area (Å²) < 4.78 is 5.10. The van der Waals surface area contributed by atoms with Crippen molar-refractivity contribution in [3.05, 3.63) is 57.6 Å². The highest BCUT2D eigenvalue weighted by Crippen LogP contribution is 2.43. The number of fused-ring (bicyclic) bond motifs is 1. The van der Waals surface area contributed by atoms with E-state index in [4.69, 9.17) is 27.9 Å². The van der Waals surface area contributed by atoms with Gasteiger partial charge in [-0.2, -0.15) is 5.26 Å². The van der Waals surface area contributed by atoms with Crippen molar-refractivity contribution in [2.75, 3.05) is 12.0 Å². The lowest BCUT2D eigenvalue weighted by molar-refractivity contribution is 0.0994. The van der Waals surface area contributed by atoms with Gasteiger partial charge in [-0.15, -0.1) is 0 Å². The number of rotatable bonds is 2. The van der Waals surface area contributed by atoms with Crippen molar-refractivity contribution in [3.63, 3.8) is 0 Å². The fraction of sp³-hybridized carbons (Fsp3) is 0.125. The van der Waals surface area contributed by atoms with Gasteiger partial charge in [0.1, 0.15) is 5.75 Å². The SMILES string of the molecule is COc1ccc(N2C(=O)c3c(Cl)ccc(Cl)c3C2C#N)cc1. The summed E-state index contributed by atoms with van der Waals surface area (Å²) in [7, 11) is 1.56. The Hall–Kier alpha value is -2.22. The van der Waals surface area contributed by atoms with Crippen LogP contribution in [0.2, 0.25) is 10.0 Å². The van der Waals surface area contributed by atoms with E-state index in [0.29, 0.717) is 27.0 Å². The second-order valence-corrected chi connectivity index (χ2v) is 5.54. The molecule has 0 aliphatic carbocycles. The van der Waals surface area contributed by atoms with Gasteiger partial charge in [0.15, 0.2) is 6.04 Å². The monoisotopic (exact) mass is 332 g/mol. The van der Waals surface area contributed by atoms with E-state index in [-0.39, 0.29) is 11.5 Å². The highest BCUT2D eigenvalue weighted by atomic mass is 35.5. The van der Waals surface area contributed by atoms with E-state index >= 15 is 0 Å². The van der Waals surface area contributed by atoms with E-state index in [1.54, 1.807) is 43.5 Å². The van der Waals surface area contributed by atoms with Crippen LogP contribution in [0.5, 0.6) is 5.75 Å². The number of halogens is 2. The number of benzene rings is 2. The van der Waals surface area contributed by atoms with Gasteiger partial charge in [0, 0.05) is 16.3 Å². The van der Waals surface area contributed by atoms with Crippen LogP contribution in [-0.2, 0) is 0 Å². The summed E-state index contributed by atoms with van der Waals surface area (Å²) in [4.78, 5) is 14.1. The third-order valence-electron chi connectivity index (χ3n) is 3.58. The molecule has 1 heterocycles. The van der Waals surface area contributed by atoms with Gasteiger partial charge < -0.3 is 4.74 Å². The van der Waals surface area contributed by atoms with Gasteiger partial charge in [-0.25, -0.2) is 0 Å². The molecule has 110 valence electrons. The van der Waals surface area contributed by atoms with E-state index in [1.165, 1.54) is 4.90 Å². The van der Waals surface area contributed by atoms with Crippen LogP contribution in [0.4, 0.5) is 5.69 Å².